The SMILES string of the molecule is Cc1[nH]c(N)nc1C1CCN(c2ncncc2-c2ccc(F)c(Cl)c2)CC1. The van der Waals surface area contributed by atoms with Crippen molar-refractivity contribution in [1.29, 1.82) is 0 Å². The zero-order valence-electron chi connectivity index (χ0n) is 14.9. The Hall–Kier alpha value is -2.67. The van der Waals surface area contributed by atoms with Crippen LogP contribution in [0.5, 0.6) is 0 Å². The van der Waals surface area contributed by atoms with Crippen LogP contribution in [-0.4, -0.2) is 33.0 Å². The van der Waals surface area contributed by atoms with Crippen molar-refractivity contribution >= 4 is 23.4 Å². The average molecular weight is 387 g/mol. The predicted octanol–water partition coefficient (Wildman–Crippen LogP) is 3.93. The van der Waals surface area contributed by atoms with Crippen molar-refractivity contribution < 1.29 is 4.39 Å². The van der Waals surface area contributed by atoms with E-state index in [9.17, 15) is 4.39 Å². The fourth-order valence-corrected chi connectivity index (χ4v) is 3.88. The number of H-pyrrole nitrogens is 1. The van der Waals surface area contributed by atoms with Crippen molar-refractivity contribution in [3.8, 4) is 11.1 Å². The van der Waals surface area contributed by atoms with E-state index in [1.54, 1.807) is 18.3 Å². The molecule has 3 aromatic rings. The highest BCUT2D eigenvalue weighted by Gasteiger charge is 2.26. The number of rotatable bonds is 3. The standard InChI is InChI=1S/C19H20ClFN6/c1-11-17(26-19(22)25-11)12-4-6-27(7-5-12)18-14(9-23-10-24-18)13-2-3-16(21)15(20)8-13/h2-3,8-10,12H,4-7H2,1H3,(H3,22,25,26). The van der Waals surface area contributed by atoms with E-state index in [1.807, 2.05) is 6.92 Å². The van der Waals surface area contributed by atoms with E-state index in [2.05, 4.69) is 24.8 Å². The number of aryl methyl sites for hydroxylation is 1. The highest BCUT2D eigenvalue weighted by molar-refractivity contribution is 6.31. The van der Waals surface area contributed by atoms with Crippen molar-refractivity contribution in [2.75, 3.05) is 23.7 Å². The number of aromatic nitrogens is 4. The second-order valence-corrected chi connectivity index (χ2v) is 7.19. The van der Waals surface area contributed by atoms with Crippen LogP contribution >= 0.6 is 11.6 Å². The van der Waals surface area contributed by atoms with Crippen molar-refractivity contribution in [1.82, 2.24) is 19.9 Å². The summed E-state index contributed by atoms with van der Waals surface area (Å²) >= 11 is 5.96. The van der Waals surface area contributed by atoms with Crippen molar-refractivity contribution in [3.05, 3.63) is 53.0 Å². The normalized spacial score (nSPS) is 15.3. The number of nitrogens with two attached hydrogens (primary N) is 1. The van der Waals surface area contributed by atoms with Gasteiger partial charge in [0.15, 0.2) is 5.95 Å². The molecule has 1 aromatic carbocycles. The molecule has 27 heavy (non-hydrogen) atoms. The first kappa shape index (κ1) is 17.7. The van der Waals surface area contributed by atoms with Crippen LogP contribution < -0.4 is 10.6 Å². The molecule has 1 saturated heterocycles. The number of nitrogen functional groups attached to an aromatic ring is 1. The van der Waals surface area contributed by atoms with Gasteiger partial charge in [0, 0.05) is 36.5 Å². The second-order valence-electron chi connectivity index (χ2n) is 6.78. The quantitative estimate of drug-likeness (QED) is 0.712. The number of imidazole rings is 1. The Balaban J connectivity index is 1.57. The zero-order chi connectivity index (χ0) is 19.0. The minimum absolute atomic E-state index is 0.0904. The number of nitrogens with one attached hydrogen (secondary N) is 1. The molecule has 2 aromatic heterocycles. The van der Waals surface area contributed by atoms with Crippen LogP contribution in [-0.2, 0) is 0 Å². The van der Waals surface area contributed by atoms with Gasteiger partial charge in [-0.2, -0.15) is 0 Å². The predicted molar refractivity (Wildman–Crippen MR) is 104 cm³/mol. The molecule has 1 aliphatic rings. The minimum atomic E-state index is -0.437. The third-order valence-corrected chi connectivity index (χ3v) is 5.33. The van der Waals surface area contributed by atoms with E-state index in [1.165, 1.54) is 12.4 Å². The van der Waals surface area contributed by atoms with E-state index < -0.39 is 5.82 Å². The number of nitrogens with zero attached hydrogens (tertiary/aromatic N) is 4. The second kappa shape index (κ2) is 7.15. The molecule has 6 nitrogen and oxygen atoms in total. The first-order valence-electron chi connectivity index (χ1n) is 8.85. The van der Waals surface area contributed by atoms with Crippen LogP contribution in [0.25, 0.3) is 11.1 Å². The first-order chi connectivity index (χ1) is 13.0. The summed E-state index contributed by atoms with van der Waals surface area (Å²) in [5.41, 5.74) is 9.52. The lowest BCUT2D eigenvalue weighted by atomic mass is 9.92. The fraction of sp³-hybridized carbons (Fsp3) is 0.316. The summed E-state index contributed by atoms with van der Waals surface area (Å²) in [4.78, 5) is 18.4. The molecular weight excluding hydrogens is 367 g/mol. The van der Waals surface area contributed by atoms with Gasteiger partial charge in [0.2, 0.25) is 0 Å². The molecule has 0 saturated carbocycles. The Morgan fingerprint density at radius 3 is 2.74 bits per heavy atom. The largest absolute Gasteiger partial charge is 0.369 e. The first-order valence-corrected chi connectivity index (χ1v) is 9.23. The van der Waals surface area contributed by atoms with E-state index in [-0.39, 0.29) is 5.02 Å². The number of anilines is 2. The molecule has 4 rings (SSSR count). The fourth-order valence-electron chi connectivity index (χ4n) is 3.70. The monoisotopic (exact) mass is 386 g/mol. The third kappa shape index (κ3) is 3.47. The summed E-state index contributed by atoms with van der Waals surface area (Å²) in [6.07, 6.45) is 5.20. The van der Waals surface area contributed by atoms with Gasteiger partial charge in [-0.15, -0.1) is 0 Å². The third-order valence-electron chi connectivity index (χ3n) is 5.04. The number of benzene rings is 1. The van der Waals surface area contributed by atoms with Gasteiger partial charge >= 0.3 is 0 Å². The Kier molecular flexibility index (Phi) is 4.70. The lowest BCUT2D eigenvalue weighted by Gasteiger charge is -2.33. The van der Waals surface area contributed by atoms with Gasteiger partial charge in [-0.05, 0) is 37.5 Å². The van der Waals surface area contributed by atoms with Gasteiger partial charge in [0.25, 0.3) is 0 Å². The maximum atomic E-state index is 13.5. The summed E-state index contributed by atoms with van der Waals surface area (Å²) < 4.78 is 13.5. The van der Waals surface area contributed by atoms with Crippen molar-refractivity contribution in [3.63, 3.8) is 0 Å². The Morgan fingerprint density at radius 1 is 1.30 bits per heavy atom. The molecule has 3 N–H and O–H groups in total. The minimum Gasteiger partial charge on any atom is -0.369 e. The van der Waals surface area contributed by atoms with E-state index >= 15 is 0 Å². The topological polar surface area (TPSA) is 83.7 Å². The molecular formula is C19H20ClFN6. The number of hydrogen-bond donors (Lipinski definition) is 2. The van der Waals surface area contributed by atoms with Gasteiger partial charge in [-0.3, -0.25) is 0 Å². The highest BCUT2D eigenvalue weighted by atomic mass is 35.5. The number of hydrogen-bond acceptors (Lipinski definition) is 5. The zero-order valence-corrected chi connectivity index (χ0v) is 15.7. The molecule has 0 bridgehead atoms. The summed E-state index contributed by atoms with van der Waals surface area (Å²) in [6.45, 7) is 3.69. The summed E-state index contributed by atoms with van der Waals surface area (Å²) in [7, 11) is 0. The van der Waals surface area contributed by atoms with E-state index in [0.29, 0.717) is 11.9 Å². The van der Waals surface area contributed by atoms with Crippen LogP contribution in [0.1, 0.15) is 30.1 Å². The van der Waals surface area contributed by atoms with Crippen LogP contribution in [0.4, 0.5) is 16.2 Å². The maximum Gasteiger partial charge on any atom is 0.197 e. The number of halogens is 2. The van der Waals surface area contributed by atoms with Gasteiger partial charge in [-0.1, -0.05) is 17.7 Å². The molecule has 140 valence electrons. The Labute approximate surface area is 161 Å². The Bertz CT molecular complexity index is 965. The number of aromatic amines is 1. The van der Waals surface area contributed by atoms with Crippen LogP contribution in [0.2, 0.25) is 5.02 Å². The van der Waals surface area contributed by atoms with Crippen LogP contribution in [0.3, 0.4) is 0 Å². The van der Waals surface area contributed by atoms with Crippen molar-refractivity contribution in [2.45, 2.75) is 25.7 Å². The van der Waals surface area contributed by atoms with Gasteiger partial charge < -0.3 is 15.6 Å². The van der Waals surface area contributed by atoms with Gasteiger partial charge in [-0.25, -0.2) is 19.3 Å². The van der Waals surface area contributed by atoms with Gasteiger partial charge in [0.05, 0.1) is 10.7 Å². The lowest BCUT2D eigenvalue weighted by Crippen LogP contribution is -2.34. The van der Waals surface area contributed by atoms with Crippen LogP contribution in [0, 0.1) is 12.7 Å². The summed E-state index contributed by atoms with van der Waals surface area (Å²) in [5.74, 6) is 1.24. The smallest absolute Gasteiger partial charge is 0.197 e. The Morgan fingerprint density at radius 2 is 2.07 bits per heavy atom. The summed E-state index contributed by atoms with van der Waals surface area (Å²) in [5, 5.41) is 0.0904. The van der Waals surface area contributed by atoms with Crippen LogP contribution in [0.15, 0.2) is 30.7 Å². The van der Waals surface area contributed by atoms with Gasteiger partial charge in [0.1, 0.15) is 18.0 Å². The molecule has 8 heteroatoms. The molecule has 0 amide bonds. The lowest BCUT2D eigenvalue weighted by molar-refractivity contribution is 0.493. The highest BCUT2D eigenvalue weighted by Crippen LogP contribution is 2.35. The number of piperidine rings is 1. The summed E-state index contributed by atoms with van der Waals surface area (Å²) in [6, 6.07) is 4.68. The molecule has 0 radical (unpaired) electrons. The molecule has 0 aliphatic carbocycles. The van der Waals surface area contributed by atoms with Crippen molar-refractivity contribution in [2.24, 2.45) is 0 Å². The molecule has 1 fully saturated rings. The molecule has 0 spiro atoms. The molecule has 0 unspecified atom stereocenters. The molecule has 1 aliphatic heterocycles. The van der Waals surface area contributed by atoms with E-state index in [4.69, 9.17) is 17.3 Å². The van der Waals surface area contributed by atoms with E-state index in [0.717, 1.165) is 54.3 Å². The maximum absolute atomic E-state index is 13.5. The molecule has 0 atom stereocenters. The molecule has 3 heterocycles. The average Bonchev–Trinajstić information content (AvgIpc) is 3.02.